The first-order valence-corrected chi connectivity index (χ1v) is 2.97. The molecular weight excluding hydrogens is 120 g/mol. The molecule has 0 aromatic heterocycles. The van der Waals surface area contributed by atoms with Crippen LogP contribution in [-0.2, 0) is 0 Å². The third-order valence-electron chi connectivity index (χ3n) is 1.35. The Morgan fingerprint density at radius 1 is 1.78 bits per heavy atom. The number of hydrogen-bond acceptors (Lipinski definition) is 3. The number of rotatable bonds is 4. The lowest BCUT2D eigenvalue weighted by atomic mass is 10.3. The Morgan fingerprint density at radius 3 is 2.44 bits per heavy atom. The van der Waals surface area contributed by atoms with Gasteiger partial charge in [0, 0.05) is 6.04 Å². The van der Waals surface area contributed by atoms with Gasteiger partial charge in [0.1, 0.15) is 6.73 Å². The first kappa shape index (κ1) is 8.36. The van der Waals surface area contributed by atoms with Gasteiger partial charge in [0.2, 0.25) is 0 Å². The Kier molecular flexibility index (Phi) is 3.96. The predicted molar refractivity (Wildman–Crippen MR) is 34.5 cm³/mol. The number of hydrogen-bond donors (Lipinski definition) is 1. The van der Waals surface area contributed by atoms with E-state index in [-0.39, 0.29) is 12.8 Å². The van der Waals surface area contributed by atoms with Crippen LogP contribution in [0.1, 0.15) is 20.3 Å². The van der Waals surface area contributed by atoms with Crippen molar-refractivity contribution in [3.8, 4) is 0 Å². The van der Waals surface area contributed by atoms with Crippen LogP contribution < -0.4 is 0 Å². The van der Waals surface area contributed by atoms with Gasteiger partial charge in [-0.2, -0.15) is 0 Å². The maximum absolute atomic E-state index is 9.85. The molecule has 0 rings (SSSR count). The van der Waals surface area contributed by atoms with Gasteiger partial charge in [-0.1, -0.05) is 6.92 Å². The van der Waals surface area contributed by atoms with Crippen LogP contribution in [0.5, 0.6) is 0 Å². The summed E-state index contributed by atoms with van der Waals surface area (Å²) in [5.74, 6) is 0. The molecule has 0 radical (unpaired) electrons. The van der Waals surface area contributed by atoms with E-state index in [1.54, 1.807) is 0 Å². The molecule has 0 fully saturated rings. The lowest BCUT2D eigenvalue weighted by Gasteiger charge is -2.17. The molecule has 1 N–H and O–H groups in total. The highest BCUT2D eigenvalue weighted by Gasteiger charge is 2.07. The molecule has 0 aliphatic heterocycles. The lowest BCUT2D eigenvalue weighted by molar-refractivity contribution is 0.0737. The maximum atomic E-state index is 9.85. The van der Waals surface area contributed by atoms with Crippen molar-refractivity contribution in [2.75, 3.05) is 6.73 Å². The zero-order valence-corrected chi connectivity index (χ0v) is 5.74. The molecule has 4 nitrogen and oxygen atoms in total. The second-order valence-electron chi connectivity index (χ2n) is 1.92. The Morgan fingerprint density at radius 2 is 2.33 bits per heavy atom. The molecule has 0 spiro atoms. The van der Waals surface area contributed by atoms with Crippen LogP contribution in [0.15, 0.2) is 5.29 Å². The molecule has 0 aromatic rings. The van der Waals surface area contributed by atoms with Crippen molar-refractivity contribution in [2.45, 2.75) is 26.3 Å². The highest BCUT2D eigenvalue weighted by atomic mass is 16.3. The normalized spacial score (nSPS) is 12.8. The SMILES string of the molecule is CCC(C)N(CO)N=O. The van der Waals surface area contributed by atoms with Crippen molar-refractivity contribution in [1.82, 2.24) is 5.01 Å². The van der Waals surface area contributed by atoms with E-state index in [2.05, 4.69) is 5.29 Å². The van der Waals surface area contributed by atoms with Crippen LogP contribution in [0.2, 0.25) is 0 Å². The van der Waals surface area contributed by atoms with Crippen molar-refractivity contribution >= 4 is 0 Å². The fourth-order valence-electron chi connectivity index (χ4n) is 0.456. The first-order valence-electron chi connectivity index (χ1n) is 2.97. The number of aliphatic hydroxyl groups excluding tert-OH is 1. The molecule has 4 heteroatoms. The Labute approximate surface area is 54.4 Å². The van der Waals surface area contributed by atoms with Crippen molar-refractivity contribution in [3.05, 3.63) is 4.91 Å². The molecule has 9 heavy (non-hydrogen) atoms. The smallest absolute Gasteiger partial charge is 0.135 e. The minimum absolute atomic E-state index is 0.0347. The van der Waals surface area contributed by atoms with Gasteiger partial charge in [0.15, 0.2) is 0 Å². The summed E-state index contributed by atoms with van der Waals surface area (Å²) >= 11 is 0. The quantitative estimate of drug-likeness (QED) is 0.348. The summed E-state index contributed by atoms with van der Waals surface area (Å²) in [5.41, 5.74) is 0. The van der Waals surface area contributed by atoms with Gasteiger partial charge < -0.3 is 5.11 Å². The van der Waals surface area contributed by atoms with Crippen molar-refractivity contribution in [1.29, 1.82) is 0 Å². The van der Waals surface area contributed by atoms with Gasteiger partial charge in [0.25, 0.3) is 0 Å². The zero-order valence-electron chi connectivity index (χ0n) is 5.74. The molecule has 0 amide bonds. The summed E-state index contributed by atoms with van der Waals surface area (Å²) in [6, 6.07) is 0.0347. The topological polar surface area (TPSA) is 52.9 Å². The van der Waals surface area contributed by atoms with Crippen LogP contribution in [0.4, 0.5) is 0 Å². The van der Waals surface area contributed by atoms with Crippen LogP contribution in [-0.4, -0.2) is 22.9 Å². The molecule has 1 atom stereocenters. The molecule has 0 saturated carbocycles. The molecule has 0 aliphatic rings. The Balaban J connectivity index is 3.63. The summed E-state index contributed by atoms with van der Waals surface area (Å²) in [6.07, 6.45) is 0.812. The highest BCUT2D eigenvalue weighted by molar-refractivity contribution is 4.55. The second kappa shape index (κ2) is 4.26. The van der Waals surface area contributed by atoms with E-state index in [1.165, 1.54) is 0 Å². The van der Waals surface area contributed by atoms with E-state index in [1.807, 2.05) is 13.8 Å². The van der Waals surface area contributed by atoms with Crippen molar-refractivity contribution < 1.29 is 5.11 Å². The highest BCUT2D eigenvalue weighted by Crippen LogP contribution is 2.00. The monoisotopic (exact) mass is 132 g/mol. The summed E-state index contributed by atoms with van der Waals surface area (Å²) in [7, 11) is 0. The molecule has 0 aliphatic carbocycles. The molecular formula is C5H12N2O2. The van der Waals surface area contributed by atoms with Crippen LogP contribution in [0.3, 0.4) is 0 Å². The third kappa shape index (κ3) is 2.41. The predicted octanol–water partition coefficient (Wildman–Crippen LogP) is 0.718. The fourth-order valence-corrected chi connectivity index (χ4v) is 0.456. The molecule has 0 heterocycles. The third-order valence-corrected chi connectivity index (χ3v) is 1.35. The zero-order chi connectivity index (χ0) is 7.28. The van der Waals surface area contributed by atoms with Gasteiger partial charge in [-0.15, -0.1) is 4.91 Å². The van der Waals surface area contributed by atoms with Crippen LogP contribution in [0.25, 0.3) is 0 Å². The first-order chi connectivity index (χ1) is 4.26. The lowest BCUT2D eigenvalue weighted by Crippen LogP contribution is -2.27. The van der Waals surface area contributed by atoms with Crippen LogP contribution >= 0.6 is 0 Å². The van der Waals surface area contributed by atoms with E-state index in [0.717, 1.165) is 11.4 Å². The average molecular weight is 132 g/mol. The van der Waals surface area contributed by atoms with E-state index in [4.69, 9.17) is 5.11 Å². The summed E-state index contributed by atoms with van der Waals surface area (Å²) in [4.78, 5) is 9.85. The van der Waals surface area contributed by atoms with Gasteiger partial charge in [0.05, 0.1) is 5.29 Å². The second-order valence-corrected chi connectivity index (χ2v) is 1.92. The van der Waals surface area contributed by atoms with Crippen molar-refractivity contribution in [2.24, 2.45) is 5.29 Å². The summed E-state index contributed by atoms with van der Waals surface area (Å²) in [5, 5.41) is 12.2. The van der Waals surface area contributed by atoms with Gasteiger partial charge in [-0.05, 0) is 13.3 Å². The standard InChI is InChI=1S/C5H12N2O2/c1-3-5(2)7(4-8)6-9/h5,8H,3-4H2,1-2H3. The molecule has 54 valence electrons. The van der Waals surface area contributed by atoms with E-state index in [0.29, 0.717) is 0 Å². The van der Waals surface area contributed by atoms with Gasteiger partial charge in [-0.3, -0.25) is 0 Å². The summed E-state index contributed by atoms with van der Waals surface area (Å²) in [6.45, 7) is 3.47. The van der Waals surface area contributed by atoms with Crippen LogP contribution in [0, 0.1) is 4.91 Å². The largest absolute Gasteiger partial charge is 0.375 e. The molecule has 0 bridgehead atoms. The molecule has 1 unspecified atom stereocenters. The average Bonchev–Trinajstić information content (AvgIpc) is 1.90. The maximum Gasteiger partial charge on any atom is 0.135 e. The Bertz CT molecular complexity index is 87.0. The number of aliphatic hydroxyl groups is 1. The van der Waals surface area contributed by atoms with E-state index < -0.39 is 0 Å². The molecule has 0 saturated heterocycles. The number of nitrogens with zero attached hydrogens (tertiary/aromatic N) is 2. The summed E-state index contributed by atoms with van der Waals surface area (Å²) < 4.78 is 0. The molecule has 0 aromatic carbocycles. The van der Waals surface area contributed by atoms with E-state index in [9.17, 15) is 4.91 Å². The van der Waals surface area contributed by atoms with Crippen molar-refractivity contribution in [3.63, 3.8) is 0 Å². The fraction of sp³-hybridized carbons (Fsp3) is 1.00. The van der Waals surface area contributed by atoms with Gasteiger partial charge in [-0.25, -0.2) is 5.01 Å². The number of nitroso groups, excluding NO2 is 1. The minimum Gasteiger partial charge on any atom is -0.375 e. The Hall–Kier alpha value is -0.640. The van der Waals surface area contributed by atoms with Gasteiger partial charge >= 0.3 is 0 Å². The minimum atomic E-state index is -0.293. The van der Waals surface area contributed by atoms with E-state index >= 15 is 0 Å².